The van der Waals surface area contributed by atoms with Crippen LogP contribution in [0.25, 0.3) is 22.9 Å². The van der Waals surface area contributed by atoms with Gasteiger partial charge in [0.2, 0.25) is 0 Å². The van der Waals surface area contributed by atoms with Crippen molar-refractivity contribution in [3.8, 4) is 23.1 Å². The van der Waals surface area contributed by atoms with Crippen LogP contribution >= 0.6 is 11.3 Å². The minimum absolute atomic E-state index is 0.00247. The first kappa shape index (κ1) is 21.0. The Morgan fingerprint density at radius 1 is 1.09 bits per heavy atom. The Morgan fingerprint density at radius 2 is 1.88 bits per heavy atom. The molecule has 0 saturated heterocycles. The number of hydrogen-bond acceptors (Lipinski definition) is 6. The number of benzene rings is 3. The van der Waals surface area contributed by atoms with Crippen molar-refractivity contribution in [1.29, 1.82) is 5.26 Å². The fraction of sp³-hybridized carbons (Fsp3) is 0.0400. The van der Waals surface area contributed by atoms with E-state index in [2.05, 4.69) is 11.1 Å². The van der Waals surface area contributed by atoms with E-state index in [1.165, 1.54) is 23.5 Å². The highest BCUT2D eigenvalue weighted by Gasteiger charge is 2.12. The van der Waals surface area contributed by atoms with Crippen molar-refractivity contribution in [2.75, 3.05) is 0 Å². The summed E-state index contributed by atoms with van der Waals surface area (Å²) in [5.74, 6) is 0.742. The average molecular weight is 439 g/mol. The number of nitrogens with zero attached hydrogens (tertiary/aromatic N) is 3. The van der Waals surface area contributed by atoms with E-state index < -0.39 is 4.92 Å². The Balaban J connectivity index is 1.49. The van der Waals surface area contributed by atoms with Gasteiger partial charge in [0.05, 0.1) is 16.2 Å². The predicted octanol–water partition coefficient (Wildman–Crippen LogP) is 6.36. The van der Waals surface area contributed by atoms with Gasteiger partial charge in [0.1, 0.15) is 23.4 Å². The second-order valence-electron chi connectivity index (χ2n) is 6.86. The summed E-state index contributed by atoms with van der Waals surface area (Å²) in [7, 11) is 0. The second-order valence-corrected chi connectivity index (χ2v) is 7.72. The lowest BCUT2D eigenvalue weighted by Crippen LogP contribution is -1.94. The van der Waals surface area contributed by atoms with Crippen LogP contribution in [0.4, 0.5) is 5.69 Å². The minimum Gasteiger partial charge on any atom is -0.489 e. The molecule has 0 N–H and O–H groups in total. The maximum Gasteiger partial charge on any atom is 0.270 e. The molecular weight excluding hydrogens is 422 g/mol. The maximum absolute atomic E-state index is 11.0. The highest BCUT2D eigenvalue weighted by molar-refractivity contribution is 7.11. The molecule has 0 saturated carbocycles. The van der Waals surface area contributed by atoms with E-state index in [0.29, 0.717) is 28.4 Å². The molecule has 0 unspecified atom stereocenters. The molecule has 0 aliphatic rings. The highest BCUT2D eigenvalue weighted by Crippen LogP contribution is 2.29. The summed E-state index contributed by atoms with van der Waals surface area (Å²) in [4.78, 5) is 15.1. The van der Waals surface area contributed by atoms with Crippen LogP contribution in [0, 0.1) is 21.4 Å². The Morgan fingerprint density at radius 3 is 2.59 bits per heavy atom. The van der Waals surface area contributed by atoms with Gasteiger partial charge in [0, 0.05) is 23.1 Å². The standard InChI is InChI=1S/C25H17N3O3S/c26-15-21(25-27-24(17-32-25)20-7-4-8-22(14-20)28(29)30)13-18-9-11-23(12-10-18)31-16-19-5-2-1-3-6-19/h1-14,17H,16H2/b21-13+. The van der Waals surface area contributed by atoms with Crippen molar-refractivity contribution in [3.63, 3.8) is 0 Å². The zero-order valence-corrected chi connectivity index (χ0v) is 17.7. The van der Waals surface area contributed by atoms with Crippen LogP contribution in [-0.4, -0.2) is 9.91 Å². The van der Waals surface area contributed by atoms with E-state index >= 15 is 0 Å². The first-order chi connectivity index (χ1) is 15.6. The van der Waals surface area contributed by atoms with Gasteiger partial charge >= 0.3 is 0 Å². The molecule has 3 aromatic carbocycles. The number of ether oxygens (including phenoxy) is 1. The zero-order valence-electron chi connectivity index (χ0n) is 16.8. The van der Waals surface area contributed by atoms with E-state index in [4.69, 9.17) is 4.74 Å². The molecule has 4 rings (SSSR count). The number of thiazole rings is 1. The first-order valence-corrected chi connectivity index (χ1v) is 10.6. The van der Waals surface area contributed by atoms with Crippen LogP contribution in [0.3, 0.4) is 0 Å². The van der Waals surface area contributed by atoms with E-state index in [0.717, 1.165) is 16.9 Å². The number of aromatic nitrogens is 1. The van der Waals surface area contributed by atoms with Gasteiger partial charge in [-0.25, -0.2) is 4.98 Å². The number of nitro benzene ring substituents is 1. The van der Waals surface area contributed by atoms with Gasteiger partial charge < -0.3 is 4.74 Å². The molecule has 32 heavy (non-hydrogen) atoms. The largest absolute Gasteiger partial charge is 0.489 e. The monoisotopic (exact) mass is 439 g/mol. The van der Waals surface area contributed by atoms with Crippen LogP contribution in [0.5, 0.6) is 5.75 Å². The van der Waals surface area contributed by atoms with Crippen molar-refractivity contribution in [3.05, 3.63) is 110 Å². The fourth-order valence-electron chi connectivity index (χ4n) is 3.02. The minimum atomic E-state index is -0.440. The highest BCUT2D eigenvalue weighted by atomic mass is 32.1. The molecule has 0 atom stereocenters. The van der Waals surface area contributed by atoms with E-state index in [9.17, 15) is 15.4 Å². The van der Waals surface area contributed by atoms with Gasteiger partial charge in [-0.05, 0) is 29.3 Å². The Hall–Kier alpha value is -4.28. The molecule has 0 bridgehead atoms. The quantitative estimate of drug-likeness (QED) is 0.190. The summed E-state index contributed by atoms with van der Waals surface area (Å²) >= 11 is 1.32. The number of non-ortho nitro benzene ring substituents is 1. The summed E-state index contributed by atoms with van der Waals surface area (Å²) in [6, 6.07) is 25.9. The van der Waals surface area contributed by atoms with Gasteiger partial charge in [-0.3, -0.25) is 10.1 Å². The van der Waals surface area contributed by atoms with Crippen molar-refractivity contribution in [2.45, 2.75) is 6.61 Å². The number of hydrogen-bond donors (Lipinski definition) is 0. The molecule has 0 fully saturated rings. The molecule has 0 radical (unpaired) electrons. The van der Waals surface area contributed by atoms with Crippen molar-refractivity contribution in [1.82, 2.24) is 4.98 Å². The Labute approximate surface area is 188 Å². The number of rotatable bonds is 7. The molecule has 6 nitrogen and oxygen atoms in total. The Kier molecular flexibility index (Phi) is 6.35. The van der Waals surface area contributed by atoms with E-state index in [-0.39, 0.29) is 5.69 Å². The van der Waals surface area contributed by atoms with Crippen LogP contribution in [0.2, 0.25) is 0 Å². The molecule has 0 aliphatic heterocycles. The summed E-state index contributed by atoms with van der Waals surface area (Å²) in [5.41, 5.74) is 3.60. The molecule has 4 aromatic rings. The van der Waals surface area contributed by atoms with Gasteiger partial charge in [0.15, 0.2) is 0 Å². The summed E-state index contributed by atoms with van der Waals surface area (Å²) in [5, 5.41) is 23.0. The Bertz CT molecular complexity index is 1310. The van der Waals surface area contributed by atoms with Crippen LogP contribution in [0.1, 0.15) is 16.1 Å². The molecule has 1 heterocycles. The topological polar surface area (TPSA) is 89.0 Å². The first-order valence-electron chi connectivity index (χ1n) is 9.72. The third-order valence-electron chi connectivity index (χ3n) is 4.65. The van der Waals surface area contributed by atoms with E-state index in [1.54, 1.807) is 23.6 Å². The smallest absolute Gasteiger partial charge is 0.270 e. The van der Waals surface area contributed by atoms with Gasteiger partial charge in [-0.1, -0.05) is 54.6 Å². The van der Waals surface area contributed by atoms with Gasteiger partial charge in [0.25, 0.3) is 5.69 Å². The second kappa shape index (κ2) is 9.69. The zero-order chi connectivity index (χ0) is 22.3. The lowest BCUT2D eigenvalue weighted by molar-refractivity contribution is -0.384. The van der Waals surface area contributed by atoms with Crippen LogP contribution in [-0.2, 0) is 6.61 Å². The van der Waals surface area contributed by atoms with Crippen molar-refractivity contribution < 1.29 is 9.66 Å². The molecular formula is C25H17N3O3S. The molecule has 0 aliphatic carbocycles. The summed E-state index contributed by atoms with van der Waals surface area (Å²) in [6.45, 7) is 0.485. The number of allylic oxidation sites excluding steroid dienone is 1. The molecule has 156 valence electrons. The third kappa shape index (κ3) is 5.06. The summed E-state index contributed by atoms with van der Waals surface area (Å²) < 4.78 is 5.80. The molecule has 0 spiro atoms. The lowest BCUT2D eigenvalue weighted by Gasteiger charge is -2.06. The van der Waals surface area contributed by atoms with Crippen LogP contribution < -0.4 is 4.74 Å². The van der Waals surface area contributed by atoms with Crippen molar-refractivity contribution in [2.24, 2.45) is 0 Å². The predicted molar refractivity (Wildman–Crippen MR) is 125 cm³/mol. The van der Waals surface area contributed by atoms with Crippen molar-refractivity contribution >= 4 is 28.7 Å². The third-order valence-corrected chi connectivity index (χ3v) is 5.52. The summed E-state index contributed by atoms with van der Waals surface area (Å²) in [6.07, 6.45) is 1.76. The SMILES string of the molecule is N#C/C(=C\c1ccc(OCc2ccccc2)cc1)c1nc(-c2cccc([N+](=O)[O-])c2)cs1. The van der Waals surface area contributed by atoms with Gasteiger partial charge in [-0.2, -0.15) is 5.26 Å². The maximum atomic E-state index is 11.0. The normalized spacial score (nSPS) is 11.0. The lowest BCUT2D eigenvalue weighted by atomic mass is 10.1. The van der Waals surface area contributed by atoms with Crippen LogP contribution in [0.15, 0.2) is 84.2 Å². The molecule has 7 heteroatoms. The average Bonchev–Trinajstić information content (AvgIpc) is 3.33. The molecule has 1 aromatic heterocycles. The van der Waals surface area contributed by atoms with Gasteiger partial charge in [-0.15, -0.1) is 11.3 Å². The number of nitriles is 1. The molecule has 0 amide bonds. The van der Waals surface area contributed by atoms with E-state index in [1.807, 2.05) is 54.6 Å². The fourth-order valence-corrected chi connectivity index (χ4v) is 3.81. The number of nitro groups is 1.